The van der Waals surface area contributed by atoms with Crippen molar-refractivity contribution in [1.82, 2.24) is 5.32 Å². The maximum absolute atomic E-state index is 12.9. The summed E-state index contributed by atoms with van der Waals surface area (Å²) in [7, 11) is 1.55. The van der Waals surface area contributed by atoms with Crippen molar-refractivity contribution in [2.45, 2.75) is 264 Å². The van der Waals surface area contributed by atoms with Crippen LogP contribution >= 0.6 is 7.82 Å². The first-order valence-electron chi connectivity index (χ1n) is 27.5. The van der Waals surface area contributed by atoms with Crippen molar-refractivity contribution < 1.29 is 32.9 Å². The van der Waals surface area contributed by atoms with Gasteiger partial charge in [-0.1, -0.05) is 229 Å². The Morgan fingerprint density at radius 1 is 0.523 bits per heavy atom. The summed E-state index contributed by atoms with van der Waals surface area (Å²) in [5, 5.41) is 13.9. The number of nitrogens with zero attached hydrogens (tertiary/aromatic N) is 1. The number of phosphoric ester groups is 1. The SMILES string of the molecule is CCCCC/C=C\C/C=C\CCCCCCCC(=O)NC(COP(=O)(O)OCC[N+](C)(C)C)C(O)/C=C/CC/C=C/CCCCCCCCCCCCCCCCCCCCCCCC. The number of likely N-dealkylation sites (N-methyl/N-ethyl adjacent to an activating group) is 1. The molecule has 0 fully saturated rings. The minimum absolute atomic E-state index is 0.0523. The smallest absolute Gasteiger partial charge is 0.387 e. The van der Waals surface area contributed by atoms with Crippen molar-refractivity contribution in [2.75, 3.05) is 40.9 Å². The lowest BCUT2D eigenvalue weighted by molar-refractivity contribution is -0.870. The predicted octanol–water partition coefficient (Wildman–Crippen LogP) is 16.4. The normalized spacial score (nSPS) is 14.4. The lowest BCUT2D eigenvalue weighted by Gasteiger charge is -2.25. The number of hydrogen-bond donors (Lipinski definition) is 3. The van der Waals surface area contributed by atoms with Crippen molar-refractivity contribution in [2.24, 2.45) is 0 Å². The number of aliphatic hydroxyl groups excluding tert-OH is 1. The van der Waals surface area contributed by atoms with Crippen molar-refractivity contribution in [3.05, 3.63) is 48.6 Å². The van der Waals surface area contributed by atoms with Crippen LogP contribution in [-0.2, 0) is 18.4 Å². The first-order chi connectivity index (χ1) is 31.5. The van der Waals surface area contributed by atoms with Crippen LogP contribution in [0.25, 0.3) is 0 Å². The number of phosphoric acid groups is 1. The number of quaternary nitrogens is 1. The molecule has 0 aromatic rings. The van der Waals surface area contributed by atoms with Crippen LogP contribution in [0.3, 0.4) is 0 Å². The maximum Gasteiger partial charge on any atom is 0.472 e. The number of amides is 1. The van der Waals surface area contributed by atoms with Gasteiger partial charge >= 0.3 is 7.82 Å². The molecule has 382 valence electrons. The molecule has 3 atom stereocenters. The molecule has 0 spiro atoms. The fraction of sp³-hybridized carbons (Fsp3) is 0.839. The van der Waals surface area contributed by atoms with Crippen LogP contribution < -0.4 is 5.32 Å². The van der Waals surface area contributed by atoms with Crippen LogP contribution in [0.1, 0.15) is 251 Å². The summed E-state index contributed by atoms with van der Waals surface area (Å²) in [5.41, 5.74) is 0. The van der Waals surface area contributed by atoms with Gasteiger partial charge in [-0.25, -0.2) is 4.57 Å². The molecule has 0 aromatic carbocycles. The average molecular weight is 936 g/mol. The van der Waals surface area contributed by atoms with E-state index in [4.69, 9.17) is 9.05 Å². The van der Waals surface area contributed by atoms with Crippen LogP contribution in [0, 0.1) is 0 Å². The summed E-state index contributed by atoms with van der Waals surface area (Å²) < 4.78 is 23.6. The zero-order valence-electron chi connectivity index (χ0n) is 43.5. The zero-order chi connectivity index (χ0) is 47.8. The molecule has 8 nitrogen and oxygen atoms in total. The molecule has 0 aromatic heterocycles. The van der Waals surface area contributed by atoms with Crippen molar-refractivity contribution in [1.29, 1.82) is 0 Å². The summed E-state index contributed by atoms with van der Waals surface area (Å²) in [6.45, 7) is 4.77. The van der Waals surface area contributed by atoms with Crippen molar-refractivity contribution >= 4 is 13.7 Å². The minimum Gasteiger partial charge on any atom is -0.387 e. The number of aliphatic hydroxyl groups is 1. The van der Waals surface area contributed by atoms with Gasteiger partial charge in [-0.2, -0.15) is 0 Å². The van der Waals surface area contributed by atoms with E-state index >= 15 is 0 Å². The van der Waals surface area contributed by atoms with Gasteiger partial charge in [-0.05, 0) is 64.2 Å². The Hall–Kier alpha value is -1.54. The number of unbranched alkanes of at least 4 members (excludes halogenated alkanes) is 31. The van der Waals surface area contributed by atoms with Crippen LogP contribution in [-0.4, -0.2) is 73.4 Å². The van der Waals surface area contributed by atoms with Gasteiger partial charge in [0, 0.05) is 6.42 Å². The van der Waals surface area contributed by atoms with Gasteiger partial charge in [0.25, 0.3) is 0 Å². The van der Waals surface area contributed by atoms with E-state index in [1.807, 2.05) is 27.2 Å². The highest BCUT2D eigenvalue weighted by Gasteiger charge is 2.27. The van der Waals surface area contributed by atoms with Gasteiger partial charge in [0.1, 0.15) is 13.2 Å². The average Bonchev–Trinajstić information content (AvgIpc) is 3.26. The summed E-state index contributed by atoms with van der Waals surface area (Å²) in [4.78, 5) is 23.2. The first-order valence-corrected chi connectivity index (χ1v) is 29.0. The highest BCUT2D eigenvalue weighted by molar-refractivity contribution is 7.47. The van der Waals surface area contributed by atoms with E-state index in [-0.39, 0.29) is 19.1 Å². The van der Waals surface area contributed by atoms with E-state index in [2.05, 4.69) is 55.6 Å². The first kappa shape index (κ1) is 63.5. The van der Waals surface area contributed by atoms with E-state index in [0.717, 1.165) is 64.2 Å². The third-order valence-electron chi connectivity index (χ3n) is 12.3. The molecule has 0 aliphatic rings. The summed E-state index contributed by atoms with van der Waals surface area (Å²) in [6.07, 6.45) is 62.2. The highest BCUT2D eigenvalue weighted by atomic mass is 31.2. The van der Waals surface area contributed by atoms with Gasteiger partial charge in [0.15, 0.2) is 0 Å². The number of rotatable bonds is 50. The van der Waals surface area contributed by atoms with Crippen LogP contribution in [0.4, 0.5) is 0 Å². The Balaban J connectivity index is 4.24. The van der Waals surface area contributed by atoms with E-state index in [1.165, 1.54) is 167 Å². The van der Waals surface area contributed by atoms with Crippen LogP contribution in [0.5, 0.6) is 0 Å². The minimum atomic E-state index is -4.36. The van der Waals surface area contributed by atoms with E-state index in [1.54, 1.807) is 6.08 Å². The van der Waals surface area contributed by atoms with Gasteiger partial charge < -0.3 is 19.8 Å². The molecule has 0 rings (SSSR count). The Morgan fingerprint density at radius 3 is 1.35 bits per heavy atom. The number of hydrogen-bond acceptors (Lipinski definition) is 5. The molecule has 0 aliphatic carbocycles. The Morgan fingerprint density at radius 2 is 0.892 bits per heavy atom. The van der Waals surface area contributed by atoms with Gasteiger partial charge in [0.05, 0.1) is 39.9 Å². The largest absolute Gasteiger partial charge is 0.472 e. The molecule has 0 radical (unpaired) electrons. The van der Waals surface area contributed by atoms with Gasteiger partial charge in [0.2, 0.25) is 5.91 Å². The Labute approximate surface area is 403 Å². The monoisotopic (exact) mass is 936 g/mol. The summed E-state index contributed by atoms with van der Waals surface area (Å²) in [6, 6.07) is -0.872. The molecule has 0 heterocycles. The number of carbonyl (C=O) groups excluding carboxylic acids is 1. The molecule has 0 aliphatic heterocycles. The molecular weight excluding hydrogens is 828 g/mol. The second-order valence-electron chi connectivity index (χ2n) is 19.9. The lowest BCUT2D eigenvalue weighted by Crippen LogP contribution is -2.45. The summed E-state index contributed by atoms with van der Waals surface area (Å²) >= 11 is 0. The second kappa shape index (κ2) is 47.5. The van der Waals surface area contributed by atoms with Crippen molar-refractivity contribution in [3.8, 4) is 0 Å². The highest BCUT2D eigenvalue weighted by Crippen LogP contribution is 2.43. The molecule has 0 bridgehead atoms. The van der Waals surface area contributed by atoms with E-state index < -0.39 is 20.0 Å². The third-order valence-corrected chi connectivity index (χ3v) is 13.3. The molecule has 3 N–H and O–H groups in total. The Bertz CT molecular complexity index is 1200. The zero-order valence-corrected chi connectivity index (χ0v) is 44.4. The van der Waals surface area contributed by atoms with Gasteiger partial charge in [-0.15, -0.1) is 0 Å². The maximum atomic E-state index is 12.9. The summed E-state index contributed by atoms with van der Waals surface area (Å²) in [5.74, 6) is -0.200. The van der Waals surface area contributed by atoms with E-state index in [9.17, 15) is 19.4 Å². The lowest BCUT2D eigenvalue weighted by atomic mass is 10.0. The second-order valence-corrected chi connectivity index (χ2v) is 21.4. The Kier molecular flexibility index (Phi) is 46.4. The van der Waals surface area contributed by atoms with Crippen molar-refractivity contribution in [3.63, 3.8) is 0 Å². The number of carbonyl (C=O) groups is 1. The molecule has 65 heavy (non-hydrogen) atoms. The third kappa shape index (κ3) is 50.2. The predicted molar refractivity (Wildman–Crippen MR) is 281 cm³/mol. The number of nitrogens with one attached hydrogen (secondary N) is 1. The fourth-order valence-electron chi connectivity index (χ4n) is 7.91. The fourth-order valence-corrected chi connectivity index (χ4v) is 8.65. The molecule has 3 unspecified atom stereocenters. The molecule has 9 heteroatoms. The number of allylic oxidation sites excluding steroid dienone is 7. The molecule has 0 saturated heterocycles. The van der Waals surface area contributed by atoms with E-state index in [0.29, 0.717) is 17.4 Å². The molecule has 1 amide bonds. The molecule has 0 saturated carbocycles. The topological polar surface area (TPSA) is 105 Å². The molecular formula is C56H108N2O6P+. The van der Waals surface area contributed by atoms with Crippen LogP contribution in [0.2, 0.25) is 0 Å². The standard InChI is InChI=1S/C56H107N2O6P/c1-6-8-10-12-14-16-18-20-22-23-24-25-26-27-28-29-30-31-32-33-34-36-37-39-41-43-45-47-49-55(59)54(53-64-65(61,62)63-52-51-58(3,4)5)57-56(60)50-48-46-44-42-40-38-35-21-19-17-15-13-11-9-7-2/h15,17,21,35,39,41,47,49,54-55,59H,6-14,16,18-20,22-34,36-38,40,42-46,48,50-53H2,1-5H3,(H-,57,60,61,62)/p+1/b17-15-,35-21-,41-39+,49-47+. The van der Waals surface area contributed by atoms with Gasteiger partial charge in [-0.3, -0.25) is 13.8 Å². The van der Waals surface area contributed by atoms with Crippen LogP contribution in [0.15, 0.2) is 48.6 Å². The quantitative estimate of drug-likeness (QED) is 0.0243.